The molecule has 24 heavy (non-hydrogen) atoms. The number of aliphatic hydroxyl groups excluding tert-OH is 1. The second-order valence-corrected chi connectivity index (χ2v) is 6.55. The Morgan fingerprint density at radius 3 is 2.83 bits per heavy atom. The largest absolute Gasteiger partial charge is 0.460 e. The van der Waals surface area contributed by atoms with Gasteiger partial charge in [-0.25, -0.2) is 4.98 Å². The molecule has 2 aromatic rings. The molecule has 0 aromatic carbocycles. The second kappa shape index (κ2) is 5.27. The lowest BCUT2D eigenvalue weighted by Crippen LogP contribution is -2.22. The van der Waals surface area contributed by atoms with Gasteiger partial charge in [0.25, 0.3) is 0 Å². The van der Waals surface area contributed by atoms with Gasteiger partial charge in [0.15, 0.2) is 23.2 Å². The van der Waals surface area contributed by atoms with Gasteiger partial charge in [-0.3, -0.25) is 4.57 Å². The molecule has 3 fully saturated rings. The van der Waals surface area contributed by atoms with Gasteiger partial charge in [-0.05, 0) is 25.7 Å². The zero-order valence-electron chi connectivity index (χ0n) is 13.0. The predicted octanol–water partition coefficient (Wildman–Crippen LogP) is 0.387. The van der Waals surface area contributed by atoms with E-state index in [0.29, 0.717) is 11.2 Å². The van der Waals surface area contributed by atoms with E-state index >= 15 is 0 Å². The van der Waals surface area contributed by atoms with Gasteiger partial charge >= 0.3 is 6.01 Å². The molecule has 3 N–H and O–H groups in total. The number of fused-ring (bicyclic) bond motifs is 2. The van der Waals surface area contributed by atoms with Gasteiger partial charge in [-0.2, -0.15) is 9.97 Å². The quantitative estimate of drug-likeness (QED) is 0.771. The first-order valence-electron chi connectivity index (χ1n) is 8.33. The van der Waals surface area contributed by atoms with E-state index in [-0.39, 0.29) is 49.1 Å². The fourth-order valence-corrected chi connectivity index (χ4v) is 3.68. The molecule has 3 aliphatic rings. The molecule has 0 unspecified atom stereocenters. The van der Waals surface area contributed by atoms with Gasteiger partial charge in [0.2, 0.25) is 0 Å². The Morgan fingerprint density at radius 2 is 2.08 bits per heavy atom. The van der Waals surface area contributed by atoms with E-state index in [0.717, 1.165) is 12.8 Å². The normalized spacial score (nSPS) is 32.4. The molecule has 128 valence electrons. The Balaban J connectivity index is 1.49. The Hall–Kier alpha value is -1.97. The SMILES string of the molecule is Nc1nc(OC2CCCC2)nc2c1ncn2[C@@H]1O[C@H](CO)[C@H]2O[C@H]21. The molecular formula is C15H19N5O4. The fraction of sp³-hybridized carbons (Fsp3) is 0.667. The molecule has 1 saturated carbocycles. The van der Waals surface area contributed by atoms with Crippen LogP contribution in [0.5, 0.6) is 6.01 Å². The zero-order valence-corrected chi connectivity index (χ0v) is 13.0. The number of anilines is 1. The standard InChI is InChI=1S/C15H19N5O4/c16-12-9-13(19-15(18-12)22-7-3-1-2-4-7)20(6-17-9)14-11-10(24-11)8(5-21)23-14/h6-8,10-11,14,21H,1-5H2,(H2,16,18,19)/t8-,10-,11-,14-/m1/s1. The second-order valence-electron chi connectivity index (χ2n) is 6.55. The van der Waals surface area contributed by atoms with E-state index in [4.69, 9.17) is 19.9 Å². The smallest absolute Gasteiger partial charge is 0.320 e. The highest BCUT2D eigenvalue weighted by molar-refractivity contribution is 5.82. The summed E-state index contributed by atoms with van der Waals surface area (Å²) in [5, 5.41) is 9.34. The molecule has 9 heteroatoms. The Morgan fingerprint density at radius 1 is 1.25 bits per heavy atom. The average Bonchev–Trinajstić information content (AvgIpc) is 2.92. The summed E-state index contributed by atoms with van der Waals surface area (Å²) in [6, 6.07) is 0.277. The molecule has 0 spiro atoms. The maximum atomic E-state index is 9.34. The molecule has 4 atom stereocenters. The minimum absolute atomic E-state index is 0.0640. The number of hydrogen-bond acceptors (Lipinski definition) is 8. The minimum Gasteiger partial charge on any atom is -0.460 e. The number of ether oxygens (including phenoxy) is 3. The van der Waals surface area contributed by atoms with Crippen LogP contribution in [0.2, 0.25) is 0 Å². The number of rotatable bonds is 4. The number of nitrogens with zero attached hydrogens (tertiary/aromatic N) is 4. The molecule has 1 aliphatic carbocycles. The van der Waals surface area contributed by atoms with Crippen molar-refractivity contribution in [3.05, 3.63) is 6.33 Å². The maximum absolute atomic E-state index is 9.34. The van der Waals surface area contributed by atoms with Gasteiger partial charge < -0.3 is 25.1 Å². The summed E-state index contributed by atoms with van der Waals surface area (Å²) in [6.45, 7) is -0.0720. The van der Waals surface area contributed by atoms with E-state index < -0.39 is 0 Å². The summed E-state index contributed by atoms with van der Waals surface area (Å²) in [5.41, 5.74) is 7.10. The molecular weight excluding hydrogens is 314 g/mol. The van der Waals surface area contributed by atoms with Crippen LogP contribution in [0.3, 0.4) is 0 Å². The third kappa shape index (κ3) is 2.15. The number of nitrogens with two attached hydrogens (primary N) is 1. The first-order chi connectivity index (χ1) is 11.7. The summed E-state index contributed by atoms with van der Waals surface area (Å²) < 4.78 is 19.1. The highest BCUT2D eigenvalue weighted by atomic mass is 16.7. The summed E-state index contributed by atoms with van der Waals surface area (Å²) in [6.07, 6.45) is 5.30. The van der Waals surface area contributed by atoms with Crippen LogP contribution in [0.4, 0.5) is 5.82 Å². The van der Waals surface area contributed by atoms with Gasteiger partial charge in [-0.15, -0.1) is 0 Å². The lowest BCUT2D eigenvalue weighted by molar-refractivity contribution is -0.0823. The molecule has 0 amide bonds. The molecule has 0 bridgehead atoms. The monoisotopic (exact) mass is 333 g/mol. The summed E-state index contributed by atoms with van der Waals surface area (Å²) in [5.74, 6) is 0.289. The van der Waals surface area contributed by atoms with Crippen molar-refractivity contribution in [2.45, 2.75) is 56.3 Å². The summed E-state index contributed by atoms with van der Waals surface area (Å²) >= 11 is 0. The van der Waals surface area contributed by atoms with Gasteiger partial charge in [0.1, 0.15) is 24.4 Å². The van der Waals surface area contributed by atoms with Crippen LogP contribution >= 0.6 is 0 Å². The van der Waals surface area contributed by atoms with Crippen molar-refractivity contribution in [1.29, 1.82) is 0 Å². The van der Waals surface area contributed by atoms with Crippen molar-refractivity contribution in [1.82, 2.24) is 19.5 Å². The number of epoxide rings is 1. The van der Waals surface area contributed by atoms with Crippen LogP contribution in [0.15, 0.2) is 6.33 Å². The lowest BCUT2D eigenvalue weighted by atomic mass is 10.2. The van der Waals surface area contributed by atoms with E-state index in [2.05, 4.69) is 15.0 Å². The van der Waals surface area contributed by atoms with Crippen molar-refractivity contribution in [3.8, 4) is 6.01 Å². The van der Waals surface area contributed by atoms with Crippen LogP contribution in [0, 0.1) is 0 Å². The Bertz CT molecular complexity index is 775. The van der Waals surface area contributed by atoms with Crippen LogP contribution in [0.25, 0.3) is 11.2 Å². The van der Waals surface area contributed by atoms with Crippen LogP contribution in [-0.2, 0) is 9.47 Å². The first-order valence-corrected chi connectivity index (χ1v) is 8.33. The van der Waals surface area contributed by atoms with Crippen molar-refractivity contribution in [2.24, 2.45) is 0 Å². The average molecular weight is 333 g/mol. The highest BCUT2D eigenvalue weighted by Crippen LogP contribution is 2.45. The maximum Gasteiger partial charge on any atom is 0.320 e. The summed E-state index contributed by atoms with van der Waals surface area (Å²) in [4.78, 5) is 13.0. The third-order valence-electron chi connectivity index (χ3n) is 4.98. The number of imidazole rings is 1. The van der Waals surface area contributed by atoms with Crippen molar-refractivity contribution in [2.75, 3.05) is 12.3 Å². The Kier molecular flexibility index (Phi) is 3.15. The zero-order chi connectivity index (χ0) is 16.3. The molecule has 4 heterocycles. The first kappa shape index (κ1) is 14.4. The van der Waals surface area contributed by atoms with Gasteiger partial charge in [0, 0.05) is 0 Å². The molecule has 5 rings (SSSR count). The van der Waals surface area contributed by atoms with Crippen LogP contribution in [-0.4, -0.2) is 55.6 Å². The van der Waals surface area contributed by atoms with E-state index in [1.807, 2.05) is 0 Å². The van der Waals surface area contributed by atoms with Gasteiger partial charge in [0.05, 0.1) is 12.9 Å². The van der Waals surface area contributed by atoms with Crippen molar-refractivity contribution in [3.63, 3.8) is 0 Å². The van der Waals surface area contributed by atoms with Crippen molar-refractivity contribution < 1.29 is 19.3 Å². The third-order valence-corrected chi connectivity index (χ3v) is 4.98. The molecule has 2 aromatic heterocycles. The topological polar surface area (TPSA) is 121 Å². The van der Waals surface area contributed by atoms with Crippen molar-refractivity contribution >= 4 is 17.0 Å². The van der Waals surface area contributed by atoms with E-state index in [1.54, 1.807) is 10.9 Å². The number of aliphatic hydroxyl groups is 1. The number of aromatic nitrogens is 4. The minimum atomic E-state index is -0.370. The predicted molar refractivity (Wildman–Crippen MR) is 82.3 cm³/mol. The molecule has 0 radical (unpaired) electrons. The molecule has 2 aliphatic heterocycles. The van der Waals surface area contributed by atoms with Crippen LogP contribution < -0.4 is 10.5 Å². The van der Waals surface area contributed by atoms with Gasteiger partial charge in [-0.1, -0.05) is 0 Å². The summed E-state index contributed by atoms with van der Waals surface area (Å²) in [7, 11) is 0. The lowest BCUT2D eigenvalue weighted by Gasteiger charge is -2.17. The Labute approximate surface area is 137 Å². The fourth-order valence-electron chi connectivity index (χ4n) is 3.68. The molecule has 9 nitrogen and oxygen atoms in total. The molecule has 2 saturated heterocycles. The number of nitrogen functional groups attached to an aromatic ring is 1. The van der Waals surface area contributed by atoms with E-state index in [9.17, 15) is 5.11 Å². The van der Waals surface area contributed by atoms with Crippen LogP contribution in [0.1, 0.15) is 31.9 Å². The highest BCUT2D eigenvalue weighted by Gasteiger charge is 2.59. The number of hydrogen-bond donors (Lipinski definition) is 2. The van der Waals surface area contributed by atoms with E-state index in [1.165, 1.54) is 12.8 Å².